The fourth-order valence-electron chi connectivity index (χ4n) is 2.89. The first-order chi connectivity index (χ1) is 13.4. The van der Waals surface area contributed by atoms with E-state index in [2.05, 4.69) is 10.6 Å². The minimum atomic E-state index is -0.833. The Bertz CT molecular complexity index is 682. The van der Waals surface area contributed by atoms with Crippen LogP contribution in [0.2, 0.25) is 0 Å². The van der Waals surface area contributed by atoms with E-state index in [-0.39, 0.29) is 0 Å². The summed E-state index contributed by atoms with van der Waals surface area (Å²) in [6, 6.07) is 17.6. The first-order valence-electron chi connectivity index (χ1n) is 9.42. The van der Waals surface area contributed by atoms with Crippen molar-refractivity contribution in [2.45, 2.75) is 51.0 Å². The van der Waals surface area contributed by atoms with E-state index in [0.717, 1.165) is 11.1 Å². The van der Waals surface area contributed by atoms with Crippen molar-refractivity contribution in [1.29, 1.82) is 0 Å². The molecule has 150 valence electrons. The molecule has 0 fully saturated rings. The molecule has 2 unspecified atom stereocenters. The van der Waals surface area contributed by atoms with Gasteiger partial charge < -0.3 is 20.8 Å². The largest absolute Gasteiger partial charge is 0.391 e. The Morgan fingerprint density at radius 1 is 0.714 bits per heavy atom. The number of rotatable bonds is 8. The molecule has 2 amide bonds. The Kier molecular flexibility index (Phi) is 8.17. The first kappa shape index (κ1) is 21.6. The molecule has 4 N–H and O–H groups in total. The van der Waals surface area contributed by atoms with Crippen LogP contribution in [0.4, 0.5) is 0 Å². The lowest BCUT2D eigenvalue weighted by Gasteiger charge is -2.24. The van der Waals surface area contributed by atoms with Crippen LogP contribution in [0.1, 0.15) is 25.0 Å². The van der Waals surface area contributed by atoms with Crippen molar-refractivity contribution >= 4 is 11.8 Å². The van der Waals surface area contributed by atoms with Crippen LogP contribution in [-0.2, 0) is 22.4 Å². The molecule has 0 spiro atoms. The standard InChI is InChI=1S/C22H28N2O4/c1-15(25)19(13-17-9-5-3-6-10-17)23-21(27)22(28)24-20(16(2)26)14-18-11-7-4-8-12-18/h3-12,15-16,19-20,25-26H,13-14H2,1-2H3,(H,23,27)(H,24,28)/t15?,16?,19-,20-/m0/s1. The van der Waals surface area contributed by atoms with E-state index in [9.17, 15) is 19.8 Å². The number of benzene rings is 2. The molecule has 0 saturated heterocycles. The van der Waals surface area contributed by atoms with Crippen molar-refractivity contribution in [2.75, 3.05) is 0 Å². The SMILES string of the molecule is CC(O)[C@H](Cc1ccccc1)NC(=O)C(=O)N[C@@H](Cc1ccccc1)C(C)O. The van der Waals surface area contributed by atoms with Crippen molar-refractivity contribution in [3.8, 4) is 0 Å². The highest BCUT2D eigenvalue weighted by atomic mass is 16.3. The highest BCUT2D eigenvalue weighted by Gasteiger charge is 2.25. The zero-order valence-corrected chi connectivity index (χ0v) is 16.2. The fraction of sp³-hybridized carbons (Fsp3) is 0.364. The maximum absolute atomic E-state index is 12.3. The van der Waals surface area contributed by atoms with Crippen LogP contribution in [0.15, 0.2) is 60.7 Å². The van der Waals surface area contributed by atoms with Gasteiger partial charge in [0.2, 0.25) is 0 Å². The summed E-state index contributed by atoms with van der Waals surface area (Å²) in [6.45, 7) is 3.14. The Morgan fingerprint density at radius 2 is 1.04 bits per heavy atom. The molecule has 0 aliphatic rings. The van der Waals surface area contributed by atoms with Gasteiger partial charge in [0.25, 0.3) is 0 Å². The van der Waals surface area contributed by atoms with Gasteiger partial charge in [-0.05, 0) is 37.8 Å². The summed E-state index contributed by atoms with van der Waals surface area (Å²) < 4.78 is 0. The molecular weight excluding hydrogens is 356 g/mol. The number of carbonyl (C=O) groups excluding carboxylic acids is 2. The Balaban J connectivity index is 1.97. The summed E-state index contributed by atoms with van der Waals surface area (Å²) in [5.74, 6) is -1.67. The molecule has 2 rings (SSSR count). The van der Waals surface area contributed by atoms with Crippen LogP contribution in [-0.4, -0.2) is 46.3 Å². The van der Waals surface area contributed by atoms with Gasteiger partial charge in [0.05, 0.1) is 24.3 Å². The minimum absolute atomic E-state index is 0.404. The molecule has 0 bridgehead atoms. The van der Waals surface area contributed by atoms with Gasteiger partial charge in [-0.3, -0.25) is 9.59 Å². The number of aliphatic hydroxyl groups excluding tert-OH is 2. The van der Waals surface area contributed by atoms with E-state index < -0.39 is 36.1 Å². The zero-order valence-electron chi connectivity index (χ0n) is 16.2. The molecule has 4 atom stereocenters. The molecule has 6 nitrogen and oxygen atoms in total. The lowest BCUT2D eigenvalue weighted by atomic mass is 10.0. The molecule has 0 aromatic heterocycles. The zero-order chi connectivity index (χ0) is 20.5. The van der Waals surface area contributed by atoms with Gasteiger partial charge in [-0.25, -0.2) is 0 Å². The Morgan fingerprint density at radius 3 is 1.32 bits per heavy atom. The molecule has 2 aromatic carbocycles. The van der Waals surface area contributed by atoms with Crippen LogP contribution in [0.3, 0.4) is 0 Å². The van der Waals surface area contributed by atoms with Gasteiger partial charge in [-0.15, -0.1) is 0 Å². The lowest BCUT2D eigenvalue weighted by molar-refractivity contribution is -0.140. The number of hydrogen-bond donors (Lipinski definition) is 4. The van der Waals surface area contributed by atoms with E-state index in [4.69, 9.17) is 0 Å². The van der Waals surface area contributed by atoms with Crippen molar-refractivity contribution in [3.63, 3.8) is 0 Å². The van der Waals surface area contributed by atoms with E-state index in [0.29, 0.717) is 12.8 Å². The van der Waals surface area contributed by atoms with E-state index in [1.165, 1.54) is 0 Å². The molecule has 2 aromatic rings. The summed E-state index contributed by atoms with van der Waals surface area (Å²) >= 11 is 0. The predicted octanol–water partition coefficient (Wildman–Crippen LogP) is 1.20. The molecule has 0 aliphatic carbocycles. The van der Waals surface area contributed by atoms with Crippen LogP contribution in [0, 0.1) is 0 Å². The molecular formula is C22H28N2O4. The van der Waals surface area contributed by atoms with E-state index in [1.807, 2.05) is 60.7 Å². The molecule has 28 heavy (non-hydrogen) atoms. The molecule has 6 heteroatoms. The average Bonchev–Trinajstić information content (AvgIpc) is 2.68. The quantitative estimate of drug-likeness (QED) is 0.514. The third-order valence-corrected chi connectivity index (χ3v) is 4.60. The number of nitrogens with one attached hydrogen (secondary N) is 2. The normalized spacial score (nSPS) is 15.1. The summed E-state index contributed by atoms with van der Waals surface area (Å²) in [5, 5.41) is 25.1. The van der Waals surface area contributed by atoms with Gasteiger partial charge in [-0.1, -0.05) is 60.7 Å². The summed E-state index contributed by atoms with van der Waals surface area (Å²) in [7, 11) is 0. The minimum Gasteiger partial charge on any atom is -0.391 e. The highest BCUT2D eigenvalue weighted by Crippen LogP contribution is 2.08. The Hall–Kier alpha value is -2.70. The van der Waals surface area contributed by atoms with Gasteiger partial charge >= 0.3 is 11.8 Å². The average molecular weight is 384 g/mol. The summed E-state index contributed by atoms with van der Waals surface area (Å²) in [5.41, 5.74) is 1.89. The van der Waals surface area contributed by atoms with Gasteiger partial charge in [0.15, 0.2) is 0 Å². The smallest absolute Gasteiger partial charge is 0.309 e. The van der Waals surface area contributed by atoms with Crippen LogP contribution in [0.5, 0.6) is 0 Å². The maximum atomic E-state index is 12.3. The second-order valence-corrected chi connectivity index (χ2v) is 7.02. The molecule has 0 aliphatic heterocycles. The van der Waals surface area contributed by atoms with Crippen molar-refractivity contribution in [1.82, 2.24) is 10.6 Å². The van der Waals surface area contributed by atoms with Crippen molar-refractivity contribution in [3.05, 3.63) is 71.8 Å². The monoisotopic (exact) mass is 384 g/mol. The number of amides is 2. The van der Waals surface area contributed by atoms with Crippen LogP contribution < -0.4 is 10.6 Å². The fourth-order valence-corrected chi connectivity index (χ4v) is 2.89. The third kappa shape index (κ3) is 6.79. The Labute approximate surface area is 165 Å². The highest BCUT2D eigenvalue weighted by molar-refractivity contribution is 6.35. The van der Waals surface area contributed by atoms with Crippen LogP contribution in [0.25, 0.3) is 0 Å². The van der Waals surface area contributed by atoms with Gasteiger partial charge in [-0.2, -0.15) is 0 Å². The third-order valence-electron chi connectivity index (χ3n) is 4.60. The van der Waals surface area contributed by atoms with Gasteiger partial charge in [0, 0.05) is 0 Å². The topological polar surface area (TPSA) is 98.7 Å². The van der Waals surface area contributed by atoms with Crippen molar-refractivity contribution < 1.29 is 19.8 Å². The number of carbonyl (C=O) groups is 2. The molecule has 0 radical (unpaired) electrons. The summed E-state index contributed by atoms with van der Waals surface area (Å²) in [6.07, 6.45) is -0.842. The van der Waals surface area contributed by atoms with Gasteiger partial charge in [0.1, 0.15) is 0 Å². The lowest BCUT2D eigenvalue weighted by Crippen LogP contribution is -2.53. The second kappa shape index (κ2) is 10.6. The van der Waals surface area contributed by atoms with Crippen LogP contribution >= 0.6 is 0 Å². The maximum Gasteiger partial charge on any atom is 0.309 e. The number of hydrogen-bond acceptors (Lipinski definition) is 4. The summed E-state index contributed by atoms with van der Waals surface area (Å²) in [4.78, 5) is 24.7. The number of aliphatic hydroxyl groups is 2. The molecule has 0 saturated carbocycles. The van der Waals surface area contributed by atoms with E-state index >= 15 is 0 Å². The predicted molar refractivity (Wildman–Crippen MR) is 108 cm³/mol. The second-order valence-electron chi connectivity index (χ2n) is 7.02. The first-order valence-corrected chi connectivity index (χ1v) is 9.42. The van der Waals surface area contributed by atoms with E-state index in [1.54, 1.807) is 13.8 Å². The van der Waals surface area contributed by atoms with Crippen molar-refractivity contribution in [2.24, 2.45) is 0 Å². The molecule has 0 heterocycles.